The highest BCUT2D eigenvalue weighted by Crippen LogP contribution is 2.18. The number of benzene rings is 1. The number of hydrogen-bond acceptors (Lipinski definition) is 4. The van der Waals surface area contributed by atoms with E-state index in [0.717, 1.165) is 31.0 Å². The Morgan fingerprint density at radius 2 is 2.00 bits per heavy atom. The van der Waals surface area contributed by atoms with Gasteiger partial charge in [-0.3, -0.25) is 19.8 Å². The molecule has 1 aliphatic heterocycles. The minimum Gasteiger partial charge on any atom is -0.298 e. The van der Waals surface area contributed by atoms with Crippen molar-refractivity contribution in [3.05, 3.63) is 59.7 Å². The minimum absolute atomic E-state index is 0.593. The highest BCUT2D eigenvalue weighted by atomic mass is 15.2. The van der Waals surface area contributed by atoms with Crippen LogP contribution in [0.25, 0.3) is 0 Å². The van der Waals surface area contributed by atoms with Crippen molar-refractivity contribution in [3.8, 4) is 0 Å². The zero-order chi connectivity index (χ0) is 16.1. The van der Waals surface area contributed by atoms with E-state index in [0.29, 0.717) is 6.04 Å². The van der Waals surface area contributed by atoms with E-state index >= 15 is 0 Å². The number of likely N-dealkylation sites (N-methyl/N-ethyl adjacent to an activating group) is 1. The average Bonchev–Trinajstić information content (AvgIpc) is 2.58. The number of piperidine rings is 1. The zero-order valence-electron chi connectivity index (χ0n) is 14.2. The van der Waals surface area contributed by atoms with Crippen LogP contribution < -0.4 is 0 Å². The highest BCUT2D eigenvalue weighted by Gasteiger charge is 2.23. The van der Waals surface area contributed by atoms with Gasteiger partial charge < -0.3 is 0 Å². The molecule has 0 bridgehead atoms. The van der Waals surface area contributed by atoms with Crippen LogP contribution in [0.15, 0.2) is 42.7 Å². The molecule has 0 saturated carbocycles. The molecule has 1 saturated heterocycles. The number of likely N-dealkylation sites (tertiary alicyclic amines) is 1. The fourth-order valence-corrected chi connectivity index (χ4v) is 3.26. The largest absolute Gasteiger partial charge is 0.298 e. The molecule has 1 aliphatic rings. The molecule has 1 atom stereocenters. The van der Waals surface area contributed by atoms with E-state index in [1.807, 2.05) is 19.3 Å². The molecule has 0 amide bonds. The third-order valence-electron chi connectivity index (χ3n) is 4.60. The van der Waals surface area contributed by atoms with Crippen LogP contribution in [-0.2, 0) is 13.1 Å². The summed E-state index contributed by atoms with van der Waals surface area (Å²) in [5.74, 6) is 0. The van der Waals surface area contributed by atoms with E-state index < -0.39 is 0 Å². The Morgan fingerprint density at radius 3 is 2.74 bits per heavy atom. The van der Waals surface area contributed by atoms with E-state index in [9.17, 15) is 0 Å². The molecule has 3 rings (SSSR count). The molecule has 0 aliphatic carbocycles. The lowest BCUT2D eigenvalue weighted by Crippen LogP contribution is -2.45. The summed E-state index contributed by atoms with van der Waals surface area (Å²) in [5, 5.41) is 0. The van der Waals surface area contributed by atoms with Gasteiger partial charge in [-0.25, -0.2) is 0 Å². The lowest BCUT2D eigenvalue weighted by atomic mass is 10.0. The second kappa shape index (κ2) is 7.66. The van der Waals surface area contributed by atoms with Crippen LogP contribution in [0.4, 0.5) is 0 Å². The monoisotopic (exact) mass is 310 g/mol. The van der Waals surface area contributed by atoms with E-state index in [-0.39, 0.29) is 0 Å². The maximum atomic E-state index is 4.48. The maximum absolute atomic E-state index is 4.48. The van der Waals surface area contributed by atoms with Crippen LogP contribution in [0.5, 0.6) is 0 Å². The SMILES string of the molecule is Cc1cnc(CN(C)C2CCCN(Cc3ccccc3)C2)cn1. The van der Waals surface area contributed by atoms with Gasteiger partial charge in [0.1, 0.15) is 0 Å². The predicted octanol–water partition coefficient (Wildman–Crippen LogP) is 2.88. The van der Waals surface area contributed by atoms with Crippen molar-refractivity contribution in [1.82, 2.24) is 19.8 Å². The van der Waals surface area contributed by atoms with Gasteiger partial charge in [-0.05, 0) is 38.9 Å². The van der Waals surface area contributed by atoms with Gasteiger partial charge in [0.15, 0.2) is 0 Å². The molecular formula is C19H26N4. The van der Waals surface area contributed by atoms with Gasteiger partial charge in [-0.2, -0.15) is 0 Å². The Labute approximate surface area is 139 Å². The summed E-state index contributed by atoms with van der Waals surface area (Å²) >= 11 is 0. The Morgan fingerprint density at radius 1 is 1.17 bits per heavy atom. The van der Waals surface area contributed by atoms with Gasteiger partial charge >= 0.3 is 0 Å². The van der Waals surface area contributed by atoms with Crippen LogP contribution in [0.3, 0.4) is 0 Å². The lowest BCUT2D eigenvalue weighted by molar-refractivity contribution is 0.106. The number of nitrogens with zero attached hydrogens (tertiary/aromatic N) is 4. The molecule has 1 aromatic heterocycles. The van der Waals surface area contributed by atoms with Crippen molar-refractivity contribution in [1.29, 1.82) is 0 Å². The summed E-state index contributed by atoms with van der Waals surface area (Å²) in [7, 11) is 2.21. The Hall–Kier alpha value is -1.78. The van der Waals surface area contributed by atoms with Crippen molar-refractivity contribution >= 4 is 0 Å². The van der Waals surface area contributed by atoms with Gasteiger partial charge in [0.25, 0.3) is 0 Å². The zero-order valence-corrected chi connectivity index (χ0v) is 14.2. The van der Waals surface area contributed by atoms with Crippen molar-refractivity contribution in [2.45, 2.75) is 38.9 Å². The van der Waals surface area contributed by atoms with Crippen LogP contribution in [0, 0.1) is 6.92 Å². The average molecular weight is 310 g/mol. The molecule has 0 radical (unpaired) electrons. The van der Waals surface area contributed by atoms with Crippen LogP contribution in [0.2, 0.25) is 0 Å². The second-order valence-electron chi connectivity index (χ2n) is 6.58. The molecule has 4 heteroatoms. The van der Waals surface area contributed by atoms with Crippen molar-refractivity contribution in [3.63, 3.8) is 0 Å². The van der Waals surface area contributed by atoms with Crippen molar-refractivity contribution in [2.75, 3.05) is 20.1 Å². The van der Waals surface area contributed by atoms with Gasteiger partial charge in [0, 0.05) is 38.1 Å². The van der Waals surface area contributed by atoms with Gasteiger partial charge in [0.2, 0.25) is 0 Å². The first-order chi connectivity index (χ1) is 11.2. The Balaban J connectivity index is 1.56. The number of aromatic nitrogens is 2. The number of aryl methyl sites for hydroxylation is 1. The predicted molar refractivity (Wildman–Crippen MR) is 93.0 cm³/mol. The van der Waals surface area contributed by atoms with Crippen molar-refractivity contribution in [2.24, 2.45) is 0 Å². The summed E-state index contributed by atoms with van der Waals surface area (Å²) in [6.45, 7) is 6.23. The first-order valence-corrected chi connectivity index (χ1v) is 8.45. The molecule has 23 heavy (non-hydrogen) atoms. The van der Waals surface area contributed by atoms with E-state index in [1.54, 1.807) is 0 Å². The topological polar surface area (TPSA) is 32.3 Å². The van der Waals surface area contributed by atoms with Crippen molar-refractivity contribution < 1.29 is 0 Å². The van der Waals surface area contributed by atoms with Crippen LogP contribution >= 0.6 is 0 Å². The maximum Gasteiger partial charge on any atom is 0.0727 e. The summed E-state index contributed by atoms with van der Waals surface area (Å²) in [4.78, 5) is 13.8. The van der Waals surface area contributed by atoms with Gasteiger partial charge in [-0.1, -0.05) is 30.3 Å². The molecular weight excluding hydrogens is 284 g/mol. The summed E-state index contributed by atoms with van der Waals surface area (Å²) in [6.07, 6.45) is 6.28. The molecule has 2 aromatic rings. The van der Waals surface area contributed by atoms with Gasteiger partial charge in [-0.15, -0.1) is 0 Å². The smallest absolute Gasteiger partial charge is 0.0727 e. The number of hydrogen-bond donors (Lipinski definition) is 0. The molecule has 0 spiro atoms. The number of rotatable bonds is 5. The standard InChI is InChI=1S/C19H26N4/c1-16-11-21-18(12-20-16)14-22(2)19-9-6-10-23(15-19)13-17-7-4-3-5-8-17/h3-5,7-8,11-12,19H,6,9-10,13-15H2,1-2H3. The first-order valence-electron chi connectivity index (χ1n) is 8.45. The Bertz CT molecular complexity index is 597. The molecule has 4 nitrogen and oxygen atoms in total. The summed E-state index contributed by atoms with van der Waals surface area (Å²) in [6, 6.07) is 11.4. The third kappa shape index (κ3) is 4.60. The van der Waals surface area contributed by atoms with E-state index in [2.05, 4.69) is 57.1 Å². The fraction of sp³-hybridized carbons (Fsp3) is 0.474. The quantitative estimate of drug-likeness (QED) is 0.850. The summed E-state index contributed by atoms with van der Waals surface area (Å²) in [5.41, 5.74) is 3.43. The molecule has 122 valence electrons. The van der Waals surface area contributed by atoms with Crippen LogP contribution in [0.1, 0.15) is 29.8 Å². The molecule has 1 aromatic carbocycles. The highest BCUT2D eigenvalue weighted by molar-refractivity contribution is 5.14. The molecule has 1 fully saturated rings. The first kappa shape index (κ1) is 16.1. The molecule has 2 heterocycles. The van der Waals surface area contributed by atoms with Crippen LogP contribution in [-0.4, -0.2) is 45.9 Å². The third-order valence-corrected chi connectivity index (χ3v) is 4.60. The van der Waals surface area contributed by atoms with Gasteiger partial charge in [0.05, 0.1) is 11.4 Å². The summed E-state index contributed by atoms with van der Waals surface area (Å²) < 4.78 is 0. The normalized spacial score (nSPS) is 19.2. The lowest BCUT2D eigenvalue weighted by Gasteiger charge is -2.37. The second-order valence-corrected chi connectivity index (χ2v) is 6.58. The minimum atomic E-state index is 0.593. The fourth-order valence-electron chi connectivity index (χ4n) is 3.26. The molecule has 0 N–H and O–H groups in total. The van der Waals surface area contributed by atoms with E-state index in [1.165, 1.54) is 24.9 Å². The Kier molecular flexibility index (Phi) is 5.36. The molecule has 1 unspecified atom stereocenters. The van der Waals surface area contributed by atoms with E-state index in [4.69, 9.17) is 0 Å².